The molecular formula is C27H26BrFN3O6S-. The molecule has 0 bridgehead atoms. The fourth-order valence-corrected chi connectivity index (χ4v) is 5.24. The number of fused-ring (bicyclic) bond motifs is 1. The van der Waals surface area contributed by atoms with Gasteiger partial charge in [0.25, 0.3) is 11.8 Å². The molecule has 9 nitrogen and oxygen atoms in total. The molecule has 1 unspecified atom stereocenters. The topological polar surface area (TPSA) is 107 Å². The number of aliphatic imine (C=N–C) groups is 1. The Labute approximate surface area is 239 Å². The van der Waals surface area contributed by atoms with Crippen molar-refractivity contribution >= 4 is 40.4 Å². The Bertz CT molecular complexity index is 1380. The average molecular weight is 619 g/mol. The minimum Gasteiger partial charge on any atom is -1.00 e. The minimum absolute atomic E-state index is 0. The first-order chi connectivity index (χ1) is 18.3. The normalized spacial score (nSPS) is 16.4. The molecule has 0 aromatic heterocycles. The number of thioether (sulfide) groups is 1. The van der Waals surface area contributed by atoms with Crippen LogP contribution < -0.4 is 31.8 Å². The van der Waals surface area contributed by atoms with E-state index in [4.69, 9.17) is 14.2 Å². The molecular weight excluding hydrogens is 593 g/mol. The molecule has 0 radical (unpaired) electrons. The van der Waals surface area contributed by atoms with Crippen molar-refractivity contribution in [3.8, 4) is 11.5 Å². The van der Waals surface area contributed by atoms with E-state index in [2.05, 4.69) is 10.3 Å². The van der Waals surface area contributed by atoms with Crippen molar-refractivity contribution in [1.82, 2.24) is 4.90 Å². The highest BCUT2D eigenvalue weighted by Crippen LogP contribution is 2.39. The SMILES string of the molecule is CCOC(=O)C1=C(C)N=C2SC(C(=O)Nc3ccc(F)cc3)=CC(=O)N2C1Cc1cccc(OC)c1OC.[Br-]. The van der Waals surface area contributed by atoms with Crippen LogP contribution in [0, 0.1) is 5.82 Å². The number of para-hydroxylation sites is 1. The van der Waals surface area contributed by atoms with Gasteiger partial charge in [-0.2, -0.15) is 0 Å². The second-order valence-electron chi connectivity index (χ2n) is 8.27. The summed E-state index contributed by atoms with van der Waals surface area (Å²) in [7, 11) is 3.04. The minimum atomic E-state index is -0.777. The summed E-state index contributed by atoms with van der Waals surface area (Å²) in [5.74, 6) is -1.09. The van der Waals surface area contributed by atoms with Gasteiger partial charge in [0.05, 0.1) is 43.0 Å². The van der Waals surface area contributed by atoms with Crippen molar-refractivity contribution in [3.05, 3.63) is 76.1 Å². The summed E-state index contributed by atoms with van der Waals surface area (Å²) < 4.78 is 29.5. The van der Waals surface area contributed by atoms with Gasteiger partial charge in [-0.05, 0) is 55.9 Å². The van der Waals surface area contributed by atoms with E-state index in [1.54, 1.807) is 26.0 Å². The highest BCUT2D eigenvalue weighted by Gasteiger charge is 2.42. The first-order valence-corrected chi connectivity index (χ1v) is 12.5. The predicted molar refractivity (Wildman–Crippen MR) is 141 cm³/mol. The maximum absolute atomic E-state index is 13.4. The van der Waals surface area contributed by atoms with Gasteiger partial charge in [-0.3, -0.25) is 14.5 Å². The molecule has 1 atom stereocenters. The lowest BCUT2D eigenvalue weighted by atomic mass is 9.94. The number of methoxy groups -OCH3 is 2. The van der Waals surface area contributed by atoms with E-state index in [1.165, 1.54) is 49.5 Å². The standard InChI is InChI=1S/C27H26FN3O6S.BrH/c1-5-37-26(34)23-15(2)29-27-31(19(23)13-16-7-6-8-20(35-3)24(16)36-4)22(32)14-21(38-27)25(33)30-18-11-9-17(28)10-12-18;/h6-12,14,19H,5,13H2,1-4H3,(H,30,33);1H/p-1. The molecule has 2 aliphatic heterocycles. The number of nitrogens with zero attached hydrogens (tertiary/aromatic N) is 2. The zero-order chi connectivity index (χ0) is 27.4. The fourth-order valence-electron chi connectivity index (χ4n) is 4.24. The third-order valence-electron chi connectivity index (χ3n) is 5.92. The van der Waals surface area contributed by atoms with Gasteiger partial charge in [0, 0.05) is 23.7 Å². The molecule has 39 heavy (non-hydrogen) atoms. The number of halogens is 2. The lowest BCUT2D eigenvalue weighted by Gasteiger charge is -2.38. The first-order valence-electron chi connectivity index (χ1n) is 11.7. The Balaban J connectivity index is 0.00000420. The van der Waals surface area contributed by atoms with E-state index in [0.29, 0.717) is 28.4 Å². The second-order valence-corrected chi connectivity index (χ2v) is 9.28. The summed E-state index contributed by atoms with van der Waals surface area (Å²) in [6, 6.07) is 9.87. The van der Waals surface area contributed by atoms with E-state index in [0.717, 1.165) is 11.8 Å². The number of ether oxygens (including phenoxy) is 3. The monoisotopic (exact) mass is 618 g/mol. The Kier molecular flexibility index (Phi) is 9.92. The van der Waals surface area contributed by atoms with Crippen LogP contribution in [0.2, 0.25) is 0 Å². The van der Waals surface area contributed by atoms with Crippen LogP contribution in [0.1, 0.15) is 19.4 Å². The highest BCUT2D eigenvalue weighted by atomic mass is 79.9. The third kappa shape index (κ3) is 6.34. The number of carbonyl (C=O) groups is 3. The van der Waals surface area contributed by atoms with E-state index < -0.39 is 29.6 Å². The van der Waals surface area contributed by atoms with Crippen LogP contribution in [0.5, 0.6) is 11.5 Å². The van der Waals surface area contributed by atoms with Crippen molar-refractivity contribution in [2.75, 3.05) is 26.1 Å². The summed E-state index contributed by atoms with van der Waals surface area (Å²) in [4.78, 5) is 45.4. The van der Waals surface area contributed by atoms with E-state index in [1.807, 2.05) is 6.07 Å². The molecule has 2 heterocycles. The number of amides is 2. The molecule has 0 saturated heterocycles. The number of carbonyl (C=O) groups excluding carboxylic acids is 3. The number of amidine groups is 1. The summed E-state index contributed by atoms with van der Waals surface area (Å²) in [6.45, 7) is 3.51. The summed E-state index contributed by atoms with van der Waals surface area (Å²) in [6.07, 6.45) is 1.39. The molecule has 2 aromatic rings. The second kappa shape index (κ2) is 12.9. The molecule has 0 saturated carbocycles. The van der Waals surface area contributed by atoms with Crippen molar-refractivity contribution in [1.29, 1.82) is 0 Å². The summed E-state index contributed by atoms with van der Waals surface area (Å²) in [5.41, 5.74) is 1.69. The number of hydrogen-bond donors (Lipinski definition) is 1. The van der Waals surface area contributed by atoms with Gasteiger partial charge in [-0.1, -0.05) is 12.1 Å². The van der Waals surface area contributed by atoms with Crippen molar-refractivity contribution in [3.63, 3.8) is 0 Å². The van der Waals surface area contributed by atoms with E-state index in [-0.39, 0.29) is 45.7 Å². The number of benzene rings is 2. The van der Waals surface area contributed by atoms with Gasteiger partial charge in [0.2, 0.25) is 0 Å². The number of anilines is 1. The highest BCUT2D eigenvalue weighted by molar-refractivity contribution is 8.18. The Hall–Kier alpha value is -3.64. The lowest BCUT2D eigenvalue weighted by Crippen LogP contribution is -3.00. The molecule has 2 amide bonds. The van der Waals surface area contributed by atoms with Crippen molar-refractivity contribution in [2.24, 2.45) is 4.99 Å². The predicted octanol–water partition coefficient (Wildman–Crippen LogP) is 1.06. The molecule has 0 fully saturated rings. The smallest absolute Gasteiger partial charge is 0.337 e. The zero-order valence-electron chi connectivity index (χ0n) is 21.6. The Morgan fingerprint density at radius 1 is 1.13 bits per heavy atom. The van der Waals surface area contributed by atoms with Gasteiger partial charge in [0.1, 0.15) is 5.82 Å². The van der Waals surface area contributed by atoms with Gasteiger partial charge in [0.15, 0.2) is 16.7 Å². The molecule has 2 aliphatic rings. The van der Waals surface area contributed by atoms with Crippen LogP contribution in [0.15, 0.2) is 69.7 Å². The molecule has 206 valence electrons. The van der Waals surface area contributed by atoms with Crippen LogP contribution in [-0.4, -0.2) is 54.7 Å². The van der Waals surface area contributed by atoms with Crippen LogP contribution in [0.4, 0.5) is 10.1 Å². The number of rotatable bonds is 8. The number of esters is 1. The Morgan fingerprint density at radius 3 is 2.49 bits per heavy atom. The molecule has 4 rings (SSSR count). The van der Waals surface area contributed by atoms with Crippen LogP contribution in [-0.2, 0) is 25.5 Å². The Morgan fingerprint density at radius 2 is 1.85 bits per heavy atom. The zero-order valence-corrected chi connectivity index (χ0v) is 24.0. The van der Waals surface area contributed by atoms with E-state index in [9.17, 15) is 18.8 Å². The average Bonchev–Trinajstić information content (AvgIpc) is 2.89. The maximum atomic E-state index is 13.4. The summed E-state index contributed by atoms with van der Waals surface area (Å²) >= 11 is 1.00. The molecule has 1 N–H and O–H groups in total. The van der Waals surface area contributed by atoms with E-state index >= 15 is 0 Å². The van der Waals surface area contributed by atoms with Crippen LogP contribution >= 0.6 is 11.8 Å². The largest absolute Gasteiger partial charge is 1.00 e. The number of allylic oxidation sites excluding steroid dienone is 1. The van der Waals surface area contributed by atoms with Gasteiger partial charge >= 0.3 is 5.97 Å². The molecule has 0 aliphatic carbocycles. The lowest BCUT2D eigenvalue weighted by molar-refractivity contribution is -0.139. The fraction of sp³-hybridized carbons (Fsp3) is 0.259. The number of nitrogens with one attached hydrogen (secondary N) is 1. The molecule has 2 aromatic carbocycles. The third-order valence-corrected chi connectivity index (χ3v) is 6.91. The maximum Gasteiger partial charge on any atom is 0.337 e. The molecule has 12 heteroatoms. The van der Waals surface area contributed by atoms with Gasteiger partial charge in [-0.15, -0.1) is 0 Å². The van der Waals surface area contributed by atoms with Crippen molar-refractivity contribution in [2.45, 2.75) is 26.3 Å². The van der Waals surface area contributed by atoms with Crippen LogP contribution in [0.25, 0.3) is 0 Å². The van der Waals surface area contributed by atoms with Gasteiger partial charge < -0.3 is 36.5 Å². The molecule has 0 spiro atoms. The first kappa shape index (κ1) is 29.9. The van der Waals surface area contributed by atoms with Crippen molar-refractivity contribution < 1.29 is 50.0 Å². The van der Waals surface area contributed by atoms with Gasteiger partial charge in [-0.25, -0.2) is 14.2 Å². The summed E-state index contributed by atoms with van der Waals surface area (Å²) in [5, 5.41) is 2.90. The number of hydrogen-bond acceptors (Lipinski definition) is 8. The van der Waals surface area contributed by atoms with Crippen LogP contribution in [0.3, 0.4) is 0 Å². The quantitative estimate of drug-likeness (QED) is 0.441.